The van der Waals surface area contributed by atoms with Crippen LogP contribution in [0.3, 0.4) is 0 Å². The first kappa shape index (κ1) is 36.3. The molecular formula is C31H37F7N2O4S. The maximum atomic E-state index is 14.0. The van der Waals surface area contributed by atoms with Gasteiger partial charge in [-0.3, -0.25) is 4.90 Å². The number of alkyl halides is 6. The van der Waals surface area contributed by atoms with Gasteiger partial charge in [-0.15, -0.1) is 0 Å². The lowest BCUT2D eigenvalue weighted by Gasteiger charge is -2.28. The van der Waals surface area contributed by atoms with E-state index in [-0.39, 0.29) is 29.6 Å². The molecular weight excluding hydrogens is 629 g/mol. The molecule has 45 heavy (non-hydrogen) atoms. The molecule has 0 aliphatic carbocycles. The Kier molecular flexibility index (Phi) is 10.4. The molecule has 3 rings (SSSR count). The highest BCUT2D eigenvalue weighted by atomic mass is 32.2. The Labute approximate surface area is 260 Å². The van der Waals surface area contributed by atoms with Crippen LogP contribution in [0, 0.1) is 5.82 Å². The third-order valence-corrected chi connectivity index (χ3v) is 8.41. The minimum absolute atomic E-state index is 0.0303. The first-order valence-electron chi connectivity index (χ1n) is 14.0. The zero-order valence-corrected chi connectivity index (χ0v) is 26.9. The Hall–Kier alpha value is -3.13. The summed E-state index contributed by atoms with van der Waals surface area (Å²) in [6, 6.07) is 6.40. The summed E-state index contributed by atoms with van der Waals surface area (Å²) >= 11 is 0. The van der Waals surface area contributed by atoms with Crippen LogP contribution in [0.15, 0.2) is 53.9 Å². The third-order valence-electron chi connectivity index (χ3n) is 6.81. The molecule has 1 heterocycles. The van der Waals surface area contributed by atoms with Gasteiger partial charge in [0, 0.05) is 5.70 Å². The predicted octanol–water partition coefficient (Wildman–Crippen LogP) is 8.63. The molecule has 1 unspecified atom stereocenters. The van der Waals surface area contributed by atoms with E-state index < -0.39 is 74.8 Å². The molecule has 0 aromatic heterocycles. The zero-order chi connectivity index (χ0) is 34.3. The predicted molar refractivity (Wildman–Crippen MR) is 156 cm³/mol. The van der Waals surface area contributed by atoms with Crippen molar-refractivity contribution in [3.63, 3.8) is 0 Å². The van der Waals surface area contributed by atoms with Crippen molar-refractivity contribution in [1.29, 1.82) is 0 Å². The quantitative estimate of drug-likeness (QED) is 0.314. The van der Waals surface area contributed by atoms with Crippen molar-refractivity contribution in [2.45, 2.75) is 96.2 Å². The summed E-state index contributed by atoms with van der Waals surface area (Å²) in [4.78, 5) is 14.7. The van der Waals surface area contributed by atoms with E-state index in [0.29, 0.717) is 17.7 Å². The van der Waals surface area contributed by atoms with Crippen LogP contribution in [-0.4, -0.2) is 38.2 Å². The number of rotatable bonds is 6. The van der Waals surface area contributed by atoms with Gasteiger partial charge in [-0.2, -0.15) is 26.3 Å². The Morgan fingerprint density at radius 2 is 1.44 bits per heavy atom. The summed E-state index contributed by atoms with van der Waals surface area (Å²) in [7, 11) is -1.66. The molecule has 250 valence electrons. The topological polar surface area (TPSA) is 67.9 Å². The van der Waals surface area contributed by atoms with Crippen molar-refractivity contribution in [3.05, 3.63) is 81.9 Å². The molecule has 1 N–H and O–H groups in total. The molecule has 1 fully saturated rings. The van der Waals surface area contributed by atoms with Crippen LogP contribution in [-0.2, 0) is 32.8 Å². The standard InChI is InChI=1S/C31H37F7N2O4S/c1-17(39-45(42)29(6,7)8)26-25(19-9-11-23(32)12-10-19)24(16-40(26)27(41)44-28(3,4)5)43-18(2)20-13-21(30(33,34)35)15-22(14-20)31(36,37)38/h9-15,18,24-25,39H,16H2,1-8H3/t18-,24+,25-,45?/m1/s1. The van der Waals surface area contributed by atoms with E-state index in [9.17, 15) is 39.7 Å². The zero-order valence-electron chi connectivity index (χ0n) is 26.1. The maximum Gasteiger partial charge on any atom is 0.416 e. The van der Waals surface area contributed by atoms with Crippen LogP contribution in [0.25, 0.3) is 0 Å². The monoisotopic (exact) mass is 666 g/mol. The minimum Gasteiger partial charge on any atom is -0.443 e. The van der Waals surface area contributed by atoms with Crippen LogP contribution in [0.5, 0.6) is 0 Å². The first-order chi connectivity index (χ1) is 20.4. The maximum absolute atomic E-state index is 14.0. The number of ether oxygens (including phenoxy) is 2. The Morgan fingerprint density at radius 3 is 1.89 bits per heavy atom. The molecule has 1 aliphatic rings. The van der Waals surface area contributed by atoms with Gasteiger partial charge >= 0.3 is 18.4 Å². The number of benzene rings is 2. The summed E-state index contributed by atoms with van der Waals surface area (Å²) in [5.74, 6) is -1.47. The van der Waals surface area contributed by atoms with E-state index in [1.807, 2.05) is 0 Å². The van der Waals surface area contributed by atoms with Crippen LogP contribution in [0.1, 0.15) is 89.7 Å². The van der Waals surface area contributed by atoms with Crippen molar-refractivity contribution in [2.24, 2.45) is 0 Å². The molecule has 0 bridgehead atoms. The van der Waals surface area contributed by atoms with Crippen molar-refractivity contribution < 1.29 is 49.2 Å². The van der Waals surface area contributed by atoms with Gasteiger partial charge in [0.2, 0.25) is 0 Å². The number of carbonyl (C=O) groups excluding carboxylic acids is 1. The highest BCUT2D eigenvalue weighted by Crippen LogP contribution is 2.44. The van der Waals surface area contributed by atoms with Gasteiger partial charge in [0.25, 0.3) is 0 Å². The number of likely N-dealkylation sites (tertiary alicyclic amines) is 1. The molecule has 2 aromatic carbocycles. The second kappa shape index (κ2) is 12.9. The van der Waals surface area contributed by atoms with Crippen molar-refractivity contribution in [2.75, 3.05) is 6.54 Å². The first-order valence-corrected chi connectivity index (χ1v) is 15.1. The Bertz CT molecular complexity index is 1410. The Balaban J connectivity index is 2.18. The summed E-state index contributed by atoms with van der Waals surface area (Å²) in [6.07, 6.45) is -13.3. The van der Waals surface area contributed by atoms with Gasteiger partial charge in [0.15, 0.2) is 0 Å². The molecule has 1 aliphatic heterocycles. The van der Waals surface area contributed by atoms with Crippen molar-refractivity contribution in [3.8, 4) is 0 Å². The smallest absolute Gasteiger partial charge is 0.416 e. The molecule has 0 saturated carbocycles. The van der Waals surface area contributed by atoms with Crippen LogP contribution in [0.4, 0.5) is 35.5 Å². The number of amides is 1. The van der Waals surface area contributed by atoms with Gasteiger partial charge < -0.3 is 14.2 Å². The average Bonchev–Trinajstić information content (AvgIpc) is 3.25. The van der Waals surface area contributed by atoms with E-state index in [1.54, 1.807) is 48.5 Å². The number of allylic oxidation sites excluding steroid dienone is 1. The van der Waals surface area contributed by atoms with Crippen molar-refractivity contribution >= 4 is 17.1 Å². The highest BCUT2D eigenvalue weighted by molar-refractivity contribution is 7.84. The number of hydrogen-bond donors (Lipinski definition) is 1. The van der Waals surface area contributed by atoms with Gasteiger partial charge in [-0.05, 0) is 96.8 Å². The number of halogens is 7. The number of nitrogens with one attached hydrogen (secondary N) is 1. The number of nitrogens with zero attached hydrogens (tertiary/aromatic N) is 1. The average molecular weight is 667 g/mol. The second-order valence-corrected chi connectivity index (χ2v) is 14.7. The fourth-order valence-corrected chi connectivity index (χ4v) is 5.41. The molecule has 4 atom stereocenters. The van der Waals surface area contributed by atoms with E-state index in [0.717, 1.165) is 0 Å². The molecule has 14 heteroatoms. The van der Waals surface area contributed by atoms with Gasteiger partial charge in [0.1, 0.15) is 22.4 Å². The lowest BCUT2D eigenvalue weighted by atomic mass is 9.92. The molecule has 0 radical (unpaired) electrons. The summed E-state index contributed by atoms with van der Waals surface area (Å²) in [5, 5.41) is 0. The SMILES string of the molecule is CC(NS(=O)C(C)(C)C)=C1[C@H](c2ccc(F)cc2)[C@@H](O[C@H](C)c2cc(C(F)(F)F)cc(C(F)(F)F)c2)CN1C(=O)OC(C)(C)C. The third kappa shape index (κ3) is 9.21. The second-order valence-electron chi connectivity index (χ2n) is 12.8. The fourth-order valence-electron chi connectivity index (χ4n) is 4.72. The van der Waals surface area contributed by atoms with E-state index >= 15 is 0 Å². The van der Waals surface area contributed by atoms with Gasteiger partial charge in [-0.25, -0.2) is 13.4 Å². The summed E-state index contributed by atoms with van der Waals surface area (Å²) in [5.41, 5.74) is -3.37. The Morgan fingerprint density at radius 1 is 0.933 bits per heavy atom. The van der Waals surface area contributed by atoms with Crippen molar-refractivity contribution in [1.82, 2.24) is 9.62 Å². The van der Waals surface area contributed by atoms with E-state index in [4.69, 9.17) is 9.47 Å². The molecule has 1 saturated heterocycles. The summed E-state index contributed by atoms with van der Waals surface area (Å²) in [6.45, 7) is 12.7. The van der Waals surface area contributed by atoms with E-state index in [2.05, 4.69) is 4.72 Å². The van der Waals surface area contributed by atoms with Crippen LogP contribution < -0.4 is 4.72 Å². The lowest BCUT2D eigenvalue weighted by Crippen LogP contribution is -2.38. The summed E-state index contributed by atoms with van der Waals surface area (Å²) < 4.78 is 123. The molecule has 1 amide bonds. The minimum atomic E-state index is -5.06. The number of carbonyl (C=O) groups is 1. The van der Waals surface area contributed by atoms with Gasteiger partial charge in [-0.1, -0.05) is 12.1 Å². The molecule has 6 nitrogen and oxygen atoms in total. The van der Waals surface area contributed by atoms with Crippen LogP contribution in [0.2, 0.25) is 0 Å². The molecule has 0 spiro atoms. The highest BCUT2D eigenvalue weighted by Gasteiger charge is 2.46. The van der Waals surface area contributed by atoms with Gasteiger partial charge in [0.05, 0.1) is 46.2 Å². The fraction of sp³-hybridized carbons (Fsp3) is 0.516. The lowest BCUT2D eigenvalue weighted by molar-refractivity contribution is -0.143. The molecule has 2 aromatic rings. The number of hydrogen-bond acceptors (Lipinski definition) is 4. The normalized spacial score (nSPS) is 20.6. The van der Waals surface area contributed by atoms with Crippen LogP contribution >= 0.6 is 0 Å². The van der Waals surface area contributed by atoms with E-state index in [1.165, 1.54) is 36.1 Å². The largest absolute Gasteiger partial charge is 0.443 e.